The van der Waals surface area contributed by atoms with Gasteiger partial charge in [-0.05, 0) is 24.6 Å². The normalized spacial score (nSPS) is 13.1. The molecule has 0 saturated heterocycles. The van der Waals surface area contributed by atoms with Crippen LogP contribution < -0.4 is 5.32 Å². The molecule has 0 amide bonds. The molecule has 17 heavy (non-hydrogen) atoms. The van der Waals surface area contributed by atoms with E-state index >= 15 is 0 Å². The minimum absolute atomic E-state index is 0.356. The van der Waals surface area contributed by atoms with Gasteiger partial charge < -0.3 is 15.2 Å². The second-order valence-electron chi connectivity index (χ2n) is 3.88. The summed E-state index contributed by atoms with van der Waals surface area (Å²) in [7, 11) is 1.88. The van der Waals surface area contributed by atoms with Gasteiger partial charge in [0.2, 0.25) is 0 Å². The summed E-state index contributed by atoms with van der Waals surface area (Å²) >= 11 is 1.62. The third-order valence-electron chi connectivity index (χ3n) is 2.55. The van der Waals surface area contributed by atoms with Crippen molar-refractivity contribution in [1.82, 2.24) is 5.32 Å². The molecule has 1 heterocycles. The summed E-state index contributed by atoms with van der Waals surface area (Å²) in [6.45, 7) is 1.78. The highest BCUT2D eigenvalue weighted by atomic mass is 32.1. The Balaban J connectivity index is 1.96. The number of rotatable bonds is 6. The van der Waals surface area contributed by atoms with Gasteiger partial charge in [-0.3, -0.25) is 0 Å². The maximum Gasteiger partial charge on any atom is 0.111 e. The number of aliphatic hydroxyl groups excluding tert-OH is 1. The van der Waals surface area contributed by atoms with Crippen LogP contribution in [0, 0.1) is 0 Å². The highest BCUT2D eigenvalue weighted by Crippen LogP contribution is 2.29. The highest BCUT2D eigenvalue weighted by molar-refractivity contribution is 7.19. The molecular weight excluding hydrogens is 234 g/mol. The van der Waals surface area contributed by atoms with E-state index in [2.05, 4.69) is 17.4 Å². The third kappa shape index (κ3) is 3.26. The molecular formula is C13H17NO2S. The Morgan fingerprint density at radius 1 is 1.41 bits per heavy atom. The van der Waals surface area contributed by atoms with E-state index in [-0.39, 0.29) is 0 Å². The summed E-state index contributed by atoms with van der Waals surface area (Å²) < 4.78 is 6.59. The van der Waals surface area contributed by atoms with Crippen molar-refractivity contribution in [3.8, 4) is 0 Å². The molecule has 0 spiro atoms. The summed E-state index contributed by atoms with van der Waals surface area (Å²) in [4.78, 5) is 0.968. The van der Waals surface area contributed by atoms with Crippen molar-refractivity contribution in [2.75, 3.05) is 26.8 Å². The molecule has 1 aromatic carbocycles. The first-order valence-corrected chi connectivity index (χ1v) is 6.52. The van der Waals surface area contributed by atoms with Crippen LogP contribution in [0.2, 0.25) is 0 Å². The molecule has 0 bridgehead atoms. The summed E-state index contributed by atoms with van der Waals surface area (Å²) in [5.41, 5.74) is 0. The number of nitrogens with one attached hydrogen (secondary N) is 1. The van der Waals surface area contributed by atoms with Gasteiger partial charge in [0.1, 0.15) is 6.10 Å². The van der Waals surface area contributed by atoms with Crippen molar-refractivity contribution in [3.63, 3.8) is 0 Å². The lowest BCUT2D eigenvalue weighted by Gasteiger charge is -2.08. The first-order valence-electron chi connectivity index (χ1n) is 5.70. The summed E-state index contributed by atoms with van der Waals surface area (Å²) in [6.07, 6.45) is -0.524. The minimum atomic E-state index is -0.524. The fourth-order valence-electron chi connectivity index (χ4n) is 1.62. The van der Waals surface area contributed by atoms with Gasteiger partial charge in [0, 0.05) is 16.1 Å². The van der Waals surface area contributed by atoms with Crippen LogP contribution in [-0.4, -0.2) is 31.9 Å². The molecule has 0 fully saturated rings. The molecule has 0 aliphatic heterocycles. The van der Waals surface area contributed by atoms with E-state index in [1.807, 2.05) is 25.2 Å². The van der Waals surface area contributed by atoms with Crippen molar-refractivity contribution >= 4 is 21.4 Å². The standard InChI is InChI=1S/C13H17NO2S/c1-14-6-7-16-9-11(15)13-8-10-4-2-3-5-12(10)17-13/h2-5,8,11,14-15H,6-7,9H2,1H3. The maximum atomic E-state index is 9.99. The van der Waals surface area contributed by atoms with Crippen LogP contribution >= 0.6 is 11.3 Å². The van der Waals surface area contributed by atoms with E-state index in [0.29, 0.717) is 13.2 Å². The Labute approximate surface area is 105 Å². The lowest BCUT2D eigenvalue weighted by Crippen LogP contribution is -2.16. The quantitative estimate of drug-likeness (QED) is 0.773. The lowest BCUT2D eigenvalue weighted by molar-refractivity contribution is 0.0397. The molecule has 1 aromatic heterocycles. The molecule has 0 saturated carbocycles. The molecule has 1 unspecified atom stereocenters. The number of aliphatic hydroxyl groups is 1. The SMILES string of the molecule is CNCCOCC(O)c1cc2ccccc2s1. The van der Waals surface area contributed by atoms with Crippen molar-refractivity contribution < 1.29 is 9.84 Å². The maximum absolute atomic E-state index is 9.99. The van der Waals surface area contributed by atoms with Crippen molar-refractivity contribution in [2.24, 2.45) is 0 Å². The molecule has 3 nitrogen and oxygen atoms in total. The van der Waals surface area contributed by atoms with Gasteiger partial charge in [0.05, 0.1) is 13.2 Å². The fraction of sp³-hybridized carbons (Fsp3) is 0.385. The van der Waals surface area contributed by atoms with Crippen LogP contribution in [0.3, 0.4) is 0 Å². The second-order valence-corrected chi connectivity index (χ2v) is 5.00. The number of hydrogen-bond acceptors (Lipinski definition) is 4. The Morgan fingerprint density at radius 3 is 3.00 bits per heavy atom. The van der Waals surface area contributed by atoms with Crippen LogP contribution in [0.5, 0.6) is 0 Å². The van der Waals surface area contributed by atoms with Gasteiger partial charge in [-0.2, -0.15) is 0 Å². The zero-order valence-electron chi connectivity index (χ0n) is 9.85. The Kier molecular flexibility index (Phi) is 4.50. The largest absolute Gasteiger partial charge is 0.385 e. The third-order valence-corrected chi connectivity index (χ3v) is 3.76. The van der Waals surface area contributed by atoms with Gasteiger partial charge in [0.25, 0.3) is 0 Å². The van der Waals surface area contributed by atoms with Gasteiger partial charge in [-0.1, -0.05) is 18.2 Å². The first-order chi connectivity index (χ1) is 8.31. The number of fused-ring (bicyclic) bond motifs is 1. The lowest BCUT2D eigenvalue weighted by atomic mass is 10.2. The molecule has 0 aliphatic rings. The predicted octanol–water partition coefficient (Wildman–Crippen LogP) is 2.17. The zero-order valence-corrected chi connectivity index (χ0v) is 10.7. The van der Waals surface area contributed by atoms with Crippen molar-refractivity contribution in [2.45, 2.75) is 6.10 Å². The van der Waals surface area contributed by atoms with Crippen molar-refractivity contribution in [3.05, 3.63) is 35.2 Å². The second kappa shape index (κ2) is 6.12. The van der Waals surface area contributed by atoms with Crippen molar-refractivity contribution in [1.29, 1.82) is 0 Å². The van der Waals surface area contributed by atoms with E-state index in [9.17, 15) is 5.11 Å². The highest BCUT2D eigenvalue weighted by Gasteiger charge is 2.11. The van der Waals surface area contributed by atoms with Gasteiger partial charge in [-0.15, -0.1) is 11.3 Å². The average molecular weight is 251 g/mol. The monoisotopic (exact) mass is 251 g/mol. The Morgan fingerprint density at radius 2 is 2.24 bits per heavy atom. The molecule has 0 radical (unpaired) electrons. The van der Waals surface area contributed by atoms with Gasteiger partial charge >= 0.3 is 0 Å². The topological polar surface area (TPSA) is 41.5 Å². The average Bonchev–Trinajstić information content (AvgIpc) is 2.78. The van der Waals surface area contributed by atoms with Crippen LogP contribution in [-0.2, 0) is 4.74 Å². The Bertz CT molecular complexity index is 436. The van der Waals surface area contributed by atoms with E-state index in [0.717, 1.165) is 11.4 Å². The first kappa shape index (κ1) is 12.5. The molecule has 0 aliphatic carbocycles. The number of hydrogen-bond donors (Lipinski definition) is 2. The van der Waals surface area contributed by atoms with E-state index in [1.165, 1.54) is 10.1 Å². The van der Waals surface area contributed by atoms with Crippen LogP contribution in [0.25, 0.3) is 10.1 Å². The van der Waals surface area contributed by atoms with Gasteiger partial charge in [-0.25, -0.2) is 0 Å². The molecule has 2 rings (SSSR count). The number of benzene rings is 1. The Hall–Kier alpha value is -0.940. The van der Waals surface area contributed by atoms with Gasteiger partial charge in [0.15, 0.2) is 0 Å². The van der Waals surface area contributed by atoms with E-state index in [4.69, 9.17) is 4.74 Å². The predicted molar refractivity (Wildman–Crippen MR) is 71.5 cm³/mol. The van der Waals surface area contributed by atoms with E-state index < -0.39 is 6.10 Å². The number of thiophene rings is 1. The number of ether oxygens (including phenoxy) is 1. The van der Waals surface area contributed by atoms with E-state index in [1.54, 1.807) is 11.3 Å². The summed E-state index contributed by atoms with van der Waals surface area (Å²) in [6, 6.07) is 10.2. The summed E-state index contributed by atoms with van der Waals surface area (Å²) in [5.74, 6) is 0. The van der Waals surface area contributed by atoms with Crippen LogP contribution in [0.4, 0.5) is 0 Å². The molecule has 4 heteroatoms. The summed E-state index contributed by atoms with van der Waals surface area (Å²) in [5, 5.41) is 14.2. The van der Waals surface area contributed by atoms with Crippen LogP contribution in [0.1, 0.15) is 11.0 Å². The molecule has 2 N–H and O–H groups in total. The fourth-order valence-corrected chi connectivity index (χ4v) is 2.65. The smallest absolute Gasteiger partial charge is 0.111 e. The number of likely N-dealkylation sites (N-methyl/N-ethyl adjacent to an activating group) is 1. The zero-order chi connectivity index (χ0) is 12.1. The molecule has 2 aromatic rings. The molecule has 92 valence electrons. The molecule has 1 atom stereocenters. The minimum Gasteiger partial charge on any atom is -0.385 e. The van der Waals surface area contributed by atoms with Crippen LogP contribution in [0.15, 0.2) is 30.3 Å².